The Morgan fingerprint density at radius 2 is 2.05 bits per heavy atom. The van der Waals surface area contributed by atoms with Crippen LogP contribution < -0.4 is 11.1 Å². The lowest BCUT2D eigenvalue weighted by Crippen LogP contribution is -2.27. The van der Waals surface area contributed by atoms with Gasteiger partial charge in [0.1, 0.15) is 4.99 Å². The molecule has 1 aromatic carbocycles. The number of rotatable bonds is 3. The van der Waals surface area contributed by atoms with Gasteiger partial charge in [-0.25, -0.2) is 0 Å². The molecule has 0 radical (unpaired) electrons. The Labute approximate surface area is 129 Å². The van der Waals surface area contributed by atoms with Crippen LogP contribution in [0.3, 0.4) is 0 Å². The van der Waals surface area contributed by atoms with Gasteiger partial charge in [0.15, 0.2) is 0 Å². The Bertz CT molecular complexity index is 461. The standard InChI is InChI=1S/C15H21BrN2S/c1-10-5-3-2-4-6-13(10)18-14-9-11(16)7-8-12(14)15(17)19/h7-10,13,18H,2-6H2,1H3,(H2,17,19). The second-order valence-electron chi connectivity index (χ2n) is 5.42. The summed E-state index contributed by atoms with van der Waals surface area (Å²) in [6.07, 6.45) is 6.53. The van der Waals surface area contributed by atoms with E-state index in [1.807, 2.05) is 12.1 Å². The van der Waals surface area contributed by atoms with Crippen molar-refractivity contribution in [1.82, 2.24) is 0 Å². The van der Waals surface area contributed by atoms with E-state index in [2.05, 4.69) is 34.2 Å². The maximum atomic E-state index is 5.81. The van der Waals surface area contributed by atoms with Crippen molar-refractivity contribution in [2.75, 3.05) is 5.32 Å². The summed E-state index contributed by atoms with van der Waals surface area (Å²) in [5.41, 5.74) is 7.81. The zero-order valence-corrected chi connectivity index (χ0v) is 13.7. The average molecular weight is 341 g/mol. The molecule has 1 fully saturated rings. The van der Waals surface area contributed by atoms with Crippen LogP contribution in [0.25, 0.3) is 0 Å². The maximum Gasteiger partial charge on any atom is 0.106 e. The molecule has 2 unspecified atom stereocenters. The first-order valence-corrected chi connectivity index (χ1v) is 8.14. The van der Waals surface area contributed by atoms with E-state index in [9.17, 15) is 0 Å². The summed E-state index contributed by atoms with van der Waals surface area (Å²) in [5.74, 6) is 0.695. The van der Waals surface area contributed by atoms with Crippen LogP contribution in [0.1, 0.15) is 44.6 Å². The van der Waals surface area contributed by atoms with E-state index in [1.54, 1.807) is 0 Å². The monoisotopic (exact) mass is 340 g/mol. The molecular weight excluding hydrogens is 320 g/mol. The zero-order chi connectivity index (χ0) is 13.8. The first-order valence-electron chi connectivity index (χ1n) is 6.94. The topological polar surface area (TPSA) is 38.0 Å². The van der Waals surface area contributed by atoms with Gasteiger partial charge in [-0.1, -0.05) is 54.3 Å². The van der Waals surface area contributed by atoms with Gasteiger partial charge >= 0.3 is 0 Å². The predicted molar refractivity (Wildman–Crippen MR) is 89.7 cm³/mol. The van der Waals surface area contributed by atoms with Crippen LogP contribution in [0.5, 0.6) is 0 Å². The van der Waals surface area contributed by atoms with E-state index in [0.717, 1.165) is 15.7 Å². The van der Waals surface area contributed by atoms with Gasteiger partial charge in [0.25, 0.3) is 0 Å². The summed E-state index contributed by atoms with van der Waals surface area (Å²) in [6, 6.07) is 6.56. The quantitative estimate of drug-likeness (QED) is 0.629. The third-order valence-electron chi connectivity index (χ3n) is 3.95. The fraction of sp³-hybridized carbons (Fsp3) is 0.533. The second kappa shape index (κ2) is 6.71. The molecular formula is C15H21BrN2S. The number of benzene rings is 1. The lowest BCUT2D eigenvalue weighted by atomic mass is 9.96. The van der Waals surface area contributed by atoms with E-state index < -0.39 is 0 Å². The minimum absolute atomic E-state index is 0.455. The van der Waals surface area contributed by atoms with Crippen molar-refractivity contribution < 1.29 is 0 Å². The maximum absolute atomic E-state index is 5.81. The van der Waals surface area contributed by atoms with Gasteiger partial charge in [-0.2, -0.15) is 0 Å². The molecule has 2 atom stereocenters. The second-order valence-corrected chi connectivity index (χ2v) is 6.78. The van der Waals surface area contributed by atoms with Gasteiger partial charge in [0.05, 0.1) is 0 Å². The van der Waals surface area contributed by atoms with Gasteiger partial charge in [-0.3, -0.25) is 0 Å². The number of thiocarbonyl (C=S) groups is 1. The van der Waals surface area contributed by atoms with Crippen LogP contribution in [-0.4, -0.2) is 11.0 Å². The third-order valence-corrected chi connectivity index (χ3v) is 4.66. The molecule has 3 N–H and O–H groups in total. The van der Waals surface area contributed by atoms with Gasteiger partial charge in [-0.15, -0.1) is 0 Å². The Balaban J connectivity index is 2.21. The molecule has 0 heterocycles. The molecule has 19 heavy (non-hydrogen) atoms. The molecule has 104 valence electrons. The van der Waals surface area contributed by atoms with Crippen LogP contribution >= 0.6 is 28.1 Å². The lowest BCUT2D eigenvalue weighted by molar-refractivity contribution is 0.456. The highest BCUT2D eigenvalue weighted by Crippen LogP contribution is 2.28. The van der Waals surface area contributed by atoms with Crippen molar-refractivity contribution >= 4 is 38.8 Å². The lowest BCUT2D eigenvalue weighted by Gasteiger charge is -2.25. The largest absolute Gasteiger partial charge is 0.389 e. The van der Waals surface area contributed by atoms with Crippen molar-refractivity contribution in [2.45, 2.75) is 45.1 Å². The molecule has 0 saturated heterocycles. The SMILES string of the molecule is CC1CCCCCC1Nc1cc(Br)ccc1C(N)=S. The van der Waals surface area contributed by atoms with E-state index >= 15 is 0 Å². The van der Waals surface area contributed by atoms with Crippen molar-refractivity contribution in [3.05, 3.63) is 28.2 Å². The molecule has 4 heteroatoms. The summed E-state index contributed by atoms with van der Waals surface area (Å²) < 4.78 is 1.05. The molecule has 0 amide bonds. The third kappa shape index (κ3) is 3.93. The van der Waals surface area contributed by atoms with Gasteiger partial charge in [0.2, 0.25) is 0 Å². The Morgan fingerprint density at radius 3 is 2.79 bits per heavy atom. The first kappa shape index (κ1) is 14.8. The highest BCUT2D eigenvalue weighted by molar-refractivity contribution is 9.10. The minimum Gasteiger partial charge on any atom is -0.389 e. The first-order chi connectivity index (χ1) is 9.08. The van der Waals surface area contributed by atoms with E-state index in [1.165, 1.54) is 32.1 Å². The number of anilines is 1. The highest BCUT2D eigenvalue weighted by Gasteiger charge is 2.20. The molecule has 1 aliphatic rings. The van der Waals surface area contributed by atoms with E-state index in [0.29, 0.717) is 16.9 Å². The van der Waals surface area contributed by atoms with Gasteiger partial charge < -0.3 is 11.1 Å². The van der Waals surface area contributed by atoms with Gasteiger partial charge in [-0.05, 0) is 37.0 Å². The Kier molecular flexibility index (Phi) is 5.22. The van der Waals surface area contributed by atoms with Crippen LogP contribution in [-0.2, 0) is 0 Å². The van der Waals surface area contributed by atoms with Crippen molar-refractivity contribution in [3.63, 3.8) is 0 Å². The molecule has 0 bridgehead atoms. The number of nitrogens with one attached hydrogen (secondary N) is 1. The summed E-state index contributed by atoms with van der Waals surface area (Å²) in [5, 5.41) is 3.66. The fourth-order valence-electron chi connectivity index (χ4n) is 2.76. The Morgan fingerprint density at radius 1 is 1.32 bits per heavy atom. The van der Waals surface area contributed by atoms with Crippen LogP contribution in [0, 0.1) is 5.92 Å². The summed E-state index contributed by atoms with van der Waals surface area (Å²) >= 11 is 8.66. The Hall–Kier alpha value is -0.610. The normalized spacial score (nSPS) is 23.7. The molecule has 2 rings (SSSR count). The molecule has 1 saturated carbocycles. The van der Waals surface area contributed by atoms with Gasteiger partial charge in [0, 0.05) is 21.8 Å². The van der Waals surface area contributed by atoms with Crippen LogP contribution in [0.15, 0.2) is 22.7 Å². The highest BCUT2D eigenvalue weighted by atomic mass is 79.9. The van der Waals surface area contributed by atoms with Crippen LogP contribution in [0.4, 0.5) is 5.69 Å². The van der Waals surface area contributed by atoms with Crippen molar-refractivity contribution in [2.24, 2.45) is 11.7 Å². The molecule has 1 aliphatic carbocycles. The van der Waals surface area contributed by atoms with Crippen LogP contribution in [0.2, 0.25) is 0 Å². The number of halogens is 1. The zero-order valence-electron chi connectivity index (χ0n) is 11.3. The molecule has 0 aromatic heterocycles. The number of hydrogen-bond acceptors (Lipinski definition) is 2. The molecule has 2 nitrogen and oxygen atoms in total. The molecule has 0 spiro atoms. The van der Waals surface area contributed by atoms with E-state index in [-0.39, 0.29) is 0 Å². The van der Waals surface area contributed by atoms with E-state index in [4.69, 9.17) is 18.0 Å². The predicted octanol–water partition coefficient (Wildman–Crippen LogP) is 4.46. The number of nitrogens with two attached hydrogens (primary N) is 1. The summed E-state index contributed by atoms with van der Waals surface area (Å²) in [4.78, 5) is 0.455. The van der Waals surface area contributed by atoms with Crippen molar-refractivity contribution in [3.8, 4) is 0 Å². The molecule has 1 aromatic rings. The summed E-state index contributed by atoms with van der Waals surface area (Å²) in [6.45, 7) is 2.33. The fourth-order valence-corrected chi connectivity index (χ4v) is 3.30. The minimum atomic E-state index is 0.455. The molecule has 0 aliphatic heterocycles. The smallest absolute Gasteiger partial charge is 0.106 e. The van der Waals surface area contributed by atoms with Crippen molar-refractivity contribution in [1.29, 1.82) is 0 Å². The number of hydrogen-bond donors (Lipinski definition) is 2. The average Bonchev–Trinajstić information content (AvgIpc) is 2.55. The summed E-state index contributed by atoms with van der Waals surface area (Å²) in [7, 11) is 0.